The van der Waals surface area contributed by atoms with Crippen LogP contribution in [0, 0.1) is 28.6 Å². The van der Waals surface area contributed by atoms with E-state index in [1.807, 2.05) is 0 Å². The summed E-state index contributed by atoms with van der Waals surface area (Å²) in [5.41, 5.74) is 1.67. The van der Waals surface area contributed by atoms with Gasteiger partial charge in [0.25, 0.3) is 0 Å². The molecule has 3 saturated carbocycles. The average Bonchev–Trinajstić information content (AvgIpc) is 3.09. The second-order valence-corrected chi connectivity index (χ2v) is 10.1. The zero-order valence-electron chi connectivity index (χ0n) is 17.2. The molecule has 0 spiro atoms. The van der Waals surface area contributed by atoms with Crippen molar-refractivity contribution in [3.05, 3.63) is 11.6 Å². The predicted octanol–water partition coefficient (Wildman–Crippen LogP) is 3.80. The lowest BCUT2D eigenvalue weighted by molar-refractivity contribution is -0.157. The molecule has 4 fully saturated rings. The zero-order chi connectivity index (χ0) is 19.7. The van der Waals surface area contributed by atoms with Crippen molar-refractivity contribution in [2.45, 2.75) is 84.0 Å². The third-order valence-corrected chi connectivity index (χ3v) is 8.88. The van der Waals surface area contributed by atoms with Gasteiger partial charge in [0.2, 0.25) is 0 Å². The predicted molar refractivity (Wildman–Crippen MR) is 102 cm³/mol. The monoisotopic (exact) mass is 388 g/mol. The Morgan fingerprint density at radius 2 is 1.82 bits per heavy atom. The second kappa shape index (κ2) is 6.32. The molecule has 2 bridgehead atoms. The lowest BCUT2D eigenvalue weighted by atomic mass is 9.47. The molecular formula is C23H32O5. The molecule has 0 unspecified atom stereocenters. The molecule has 5 heteroatoms. The van der Waals surface area contributed by atoms with Gasteiger partial charge >= 0.3 is 11.9 Å². The Morgan fingerprint density at radius 1 is 1.04 bits per heavy atom. The Morgan fingerprint density at radius 3 is 2.57 bits per heavy atom. The van der Waals surface area contributed by atoms with Crippen LogP contribution in [0.3, 0.4) is 0 Å². The van der Waals surface area contributed by atoms with Crippen LogP contribution in [0.2, 0.25) is 0 Å². The summed E-state index contributed by atoms with van der Waals surface area (Å²) in [5.74, 6) is 1.56. The first-order chi connectivity index (χ1) is 13.3. The van der Waals surface area contributed by atoms with Crippen molar-refractivity contribution >= 4 is 11.9 Å². The van der Waals surface area contributed by atoms with E-state index in [0.717, 1.165) is 45.1 Å². The minimum atomic E-state index is -0.198. The third-order valence-electron chi connectivity index (χ3n) is 8.88. The molecule has 0 aromatic heterocycles. The van der Waals surface area contributed by atoms with Gasteiger partial charge in [0, 0.05) is 24.7 Å². The molecular weight excluding hydrogens is 356 g/mol. The normalized spacial score (nSPS) is 48.8. The molecule has 0 radical (unpaired) electrons. The van der Waals surface area contributed by atoms with Crippen LogP contribution in [0.4, 0.5) is 0 Å². The molecule has 1 saturated heterocycles. The molecule has 28 heavy (non-hydrogen) atoms. The second-order valence-electron chi connectivity index (χ2n) is 10.1. The Hall–Kier alpha value is -1.36. The Balaban J connectivity index is 1.43. The van der Waals surface area contributed by atoms with Crippen molar-refractivity contribution in [3.8, 4) is 0 Å². The average molecular weight is 389 g/mol. The van der Waals surface area contributed by atoms with Crippen LogP contribution in [0.1, 0.15) is 65.7 Å². The van der Waals surface area contributed by atoms with Gasteiger partial charge in [-0.05, 0) is 74.3 Å². The van der Waals surface area contributed by atoms with E-state index in [1.54, 1.807) is 0 Å². The van der Waals surface area contributed by atoms with E-state index in [4.69, 9.17) is 14.2 Å². The van der Waals surface area contributed by atoms with E-state index < -0.39 is 0 Å². The van der Waals surface area contributed by atoms with Gasteiger partial charge in [0.1, 0.15) is 12.2 Å². The maximum Gasteiger partial charge on any atom is 0.303 e. The fourth-order valence-corrected chi connectivity index (χ4v) is 7.82. The smallest absolute Gasteiger partial charge is 0.303 e. The molecule has 5 rings (SSSR count). The Bertz CT molecular complexity index is 729. The fraction of sp³-hybridized carbons (Fsp3) is 0.826. The van der Waals surface area contributed by atoms with E-state index in [-0.39, 0.29) is 41.1 Å². The molecule has 5 nitrogen and oxygen atoms in total. The summed E-state index contributed by atoms with van der Waals surface area (Å²) in [5, 5.41) is 0. The topological polar surface area (TPSA) is 61.8 Å². The summed E-state index contributed by atoms with van der Waals surface area (Å²) in [4.78, 5) is 23.0. The molecule has 8 atom stereocenters. The molecule has 0 N–H and O–H groups in total. The third kappa shape index (κ3) is 2.54. The number of carbonyl (C=O) groups is 2. The first kappa shape index (κ1) is 18.7. The molecule has 0 aromatic rings. The van der Waals surface area contributed by atoms with Crippen molar-refractivity contribution < 1.29 is 23.8 Å². The van der Waals surface area contributed by atoms with Crippen molar-refractivity contribution in [3.63, 3.8) is 0 Å². The summed E-state index contributed by atoms with van der Waals surface area (Å²) in [6.07, 6.45) is 9.89. The summed E-state index contributed by atoms with van der Waals surface area (Å²) in [6, 6.07) is 0. The van der Waals surface area contributed by atoms with E-state index in [1.165, 1.54) is 25.8 Å². The van der Waals surface area contributed by atoms with Crippen molar-refractivity contribution in [2.24, 2.45) is 28.6 Å². The van der Waals surface area contributed by atoms with Gasteiger partial charge in [0.05, 0.1) is 12.7 Å². The lowest BCUT2D eigenvalue weighted by Gasteiger charge is -2.57. The molecule has 4 aliphatic carbocycles. The van der Waals surface area contributed by atoms with Gasteiger partial charge in [-0.25, -0.2) is 0 Å². The van der Waals surface area contributed by atoms with Crippen LogP contribution in [0.5, 0.6) is 0 Å². The van der Waals surface area contributed by atoms with Crippen molar-refractivity contribution in [1.29, 1.82) is 0 Å². The number of hydrogen-bond acceptors (Lipinski definition) is 5. The highest BCUT2D eigenvalue weighted by Gasteiger charge is 2.65. The molecule has 1 heterocycles. The van der Waals surface area contributed by atoms with Crippen LogP contribution in [0.15, 0.2) is 11.6 Å². The first-order valence-electron chi connectivity index (χ1n) is 11.0. The highest BCUT2D eigenvalue weighted by Crippen LogP contribution is 2.68. The number of fused-ring (bicyclic) bond motifs is 3. The van der Waals surface area contributed by atoms with E-state index in [9.17, 15) is 9.59 Å². The lowest BCUT2D eigenvalue weighted by Crippen LogP contribution is -2.53. The van der Waals surface area contributed by atoms with Crippen molar-refractivity contribution in [1.82, 2.24) is 0 Å². The summed E-state index contributed by atoms with van der Waals surface area (Å²) < 4.78 is 17.6. The first-order valence-corrected chi connectivity index (χ1v) is 11.0. The molecule has 5 aliphatic rings. The number of rotatable bonds is 2. The van der Waals surface area contributed by atoms with Crippen LogP contribution in [-0.4, -0.2) is 36.9 Å². The number of esters is 2. The molecule has 0 amide bonds. The summed E-state index contributed by atoms with van der Waals surface area (Å²) >= 11 is 0. The minimum absolute atomic E-state index is 0.0728. The SMILES string of the molecule is CC(=O)O[C@@H]1C=C2[C@@H]3C[C@@H]4[C@H](CC[C@]5(C)[C@@H](OC(C)=O)CC[C@@H]45)[C@]2(CC1)CO3. The largest absolute Gasteiger partial charge is 0.462 e. The van der Waals surface area contributed by atoms with E-state index in [2.05, 4.69) is 13.0 Å². The Kier molecular flexibility index (Phi) is 4.21. The highest BCUT2D eigenvalue weighted by molar-refractivity contribution is 5.66. The van der Waals surface area contributed by atoms with Gasteiger partial charge in [-0.15, -0.1) is 0 Å². The maximum absolute atomic E-state index is 11.6. The number of carbonyl (C=O) groups excluding carboxylic acids is 2. The molecule has 1 aliphatic heterocycles. The zero-order valence-corrected chi connectivity index (χ0v) is 17.2. The number of ether oxygens (including phenoxy) is 3. The number of hydrogen-bond donors (Lipinski definition) is 0. The van der Waals surface area contributed by atoms with Crippen LogP contribution < -0.4 is 0 Å². The summed E-state index contributed by atoms with van der Waals surface area (Å²) in [6.45, 7) is 6.22. The van der Waals surface area contributed by atoms with Crippen LogP contribution >= 0.6 is 0 Å². The van der Waals surface area contributed by atoms with Crippen LogP contribution in [-0.2, 0) is 23.8 Å². The summed E-state index contributed by atoms with van der Waals surface area (Å²) in [7, 11) is 0. The van der Waals surface area contributed by atoms with Gasteiger partial charge < -0.3 is 14.2 Å². The Labute approximate surface area is 167 Å². The van der Waals surface area contributed by atoms with Gasteiger partial charge in [-0.1, -0.05) is 6.92 Å². The minimum Gasteiger partial charge on any atom is -0.462 e. The van der Waals surface area contributed by atoms with Gasteiger partial charge in [0.15, 0.2) is 0 Å². The van der Waals surface area contributed by atoms with E-state index >= 15 is 0 Å². The van der Waals surface area contributed by atoms with Gasteiger partial charge in [-0.3, -0.25) is 9.59 Å². The van der Waals surface area contributed by atoms with Crippen LogP contribution in [0.25, 0.3) is 0 Å². The standard InChI is InChI=1S/C23H32O5/c1-13(24)27-15-6-9-23-12-26-20(19(23)10-15)11-16-17-4-5-21(28-14(2)25)22(17,3)8-7-18(16)23/h10,15-18,20-21H,4-9,11-12H2,1-3H3/t15-,16-,17-,18-,20-,21-,22-,23-/m0/s1. The highest BCUT2D eigenvalue weighted by atomic mass is 16.5. The molecule has 0 aromatic carbocycles. The molecule has 154 valence electrons. The van der Waals surface area contributed by atoms with Crippen molar-refractivity contribution in [2.75, 3.05) is 6.61 Å². The van der Waals surface area contributed by atoms with E-state index in [0.29, 0.717) is 17.8 Å². The van der Waals surface area contributed by atoms with Gasteiger partial charge in [-0.2, -0.15) is 0 Å². The maximum atomic E-state index is 11.6. The quantitative estimate of drug-likeness (QED) is 0.532. The fourth-order valence-electron chi connectivity index (χ4n) is 7.82.